The van der Waals surface area contributed by atoms with E-state index in [0.717, 1.165) is 32.4 Å². The van der Waals surface area contributed by atoms with Crippen LogP contribution < -0.4 is 0 Å². The summed E-state index contributed by atoms with van der Waals surface area (Å²) in [5, 5.41) is 0. The molecule has 1 aliphatic heterocycles. The molecule has 0 fully saturated rings. The maximum Gasteiger partial charge on any atom is 0.0395 e. The number of hydrogen-bond donors (Lipinski definition) is 0. The van der Waals surface area contributed by atoms with E-state index >= 15 is 0 Å². The maximum atomic E-state index is 4.15. The smallest absolute Gasteiger partial charge is 0.0395 e. The highest BCUT2D eigenvalue weighted by Gasteiger charge is 2.36. The third-order valence-corrected chi connectivity index (χ3v) is 5.38. The first-order chi connectivity index (χ1) is 11.4. The van der Waals surface area contributed by atoms with E-state index < -0.39 is 0 Å². The van der Waals surface area contributed by atoms with Crippen molar-refractivity contribution in [1.29, 1.82) is 0 Å². The summed E-state index contributed by atoms with van der Waals surface area (Å²) >= 11 is 0. The van der Waals surface area contributed by atoms with Crippen molar-refractivity contribution in [3.8, 4) is 0 Å². The van der Waals surface area contributed by atoms with E-state index in [0.29, 0.717) is 6.04 Å². The molecule has 130 valence electrons. The number of rotatable bonds is 4. The zero-order valence-corrected chi connectivity index (χ0v) is 16.1. The average Bonchev–Trinajstić information content (AvgIpc) is 2.81. The SMILES string of the molecule is C=C(C)CN1CCC=C2C(=C(C)C)c3c(cn(C)c3CCC)C[C@H]21. The third kappa shape index (κ3) is 2.93. The van der Waals surface area contributed by atoms with Crippen LogP contribution in [0.15, 0.2) is 35.6 Å². The van der Waals surface area contributed by atoms with E-state index in [-0.39, 0.29) is 0 Å². The molecule has 0 N–H and O–H groups in total. The highest BCUT2D eigenvalue weighted by atomic mass is 15.2. The molecule has 1 aromatic heterocycles. The molecule has 0 unspecified atom stereocenters. The van der Waals surface area contributed by atoms with Crippen molar-refractivity contribution in [1.82, 2.24) is 9.47 Å². The van der Waals surface area contributed by atoms with E-state index in [9.17, 15) is 0 Å². The van der Waals surface area contributed by atoms with Crippen molar-refractivity contribution in [2.45, 2.75) is 59.4 Å². The van der Waals surface area contributed by atoms with Crippen molar-refractivity contribution in [3.63, 3.8) is 0 Å². The molecule has 0 radical (unpaired) electrons. The lowest BCUT2D eigenvalue weighted by molar-refractivity contribution is 0.232. The number of aryl methyl sites for hydroxylation is 1. The molecule has 0 spiro atoms. The molecule has 2 nitrogen and oxygen atoms in total. The van der Waals surface area contributed by atoms with Crippen molar-refractivity contribution in [3.05, 3.63) is 52.4 Å². The van der Waals surface area contributed by atoms with Gasteiger partial charge in [0.25, 0.3) is 0 Å². The standard InChI is InChI=1S/C22H32N2/c1-7-9-19-22-17(14-23(19)6)12-20-18(21(22)16(4)5)10-8-11-24(20)13-15(2)3/h10,14,20H,2,7-9,11-13H2,1,3-6H3/t20-/m1/s1. The minimum absolute atomic E-state index is 0.518. The number of hydrogen-bond acceptors (Lipinski definition) is 1. The van der Waals surface area contributed by atoms with Gasteiger partial charge in [0.05, 0.1) is 0 Å². The Hall–Kier alpha value is -1.54. The van der Waals surface area contributed by atoms with Gasteiger partial charge in [-0.05, 0) is 56.7 Å². The van der Waals surface area contributed by atoms with Gasteiger partial charge in [-0.2, -0.15) is 0 Å². The maximum absolute atomic E-state index is 4.15. The van der Waals surface area contributed by atoms with Gasteiger partial charge < -0.3 is 4.57 Å². The first-order valence-electron chi connectivity index (χ1n) is 9.37. The van der Waals surface area contributed by atoms with E-state index in [1.165, 1.54) is 34.4 Å². The molecule has 2 heteroatoms. The lowest BCUT2D eigenvalue weighted by Gasteiger charge is -2.41. The van der Waals surface area contributed by atoms with Gasteiger partial charge in [-0.25, -0.2) is 0 Å². The van der Waals surface area contributed by atoms with Gasteiger partial charge in [0.2, 0.25) is 0 Å². The lowest BCUT2D eigenvalue weighted by Crippen LogP contribution is -2.44. The van der Waals surface area contributed by atoms with Gasteiger partial charge in [0, 0.05) is 43.6 Å². The Bertz CT molecular complexity index is 711. The minimum Gasteiger partial charge on any atom is -0.354 e. The molecule has 2 heterocycles. The molecule has 0 saturated carbocycles. The third-order valence-electron chi connectivity index (χ3n) is 5.38. The topological polar surface area (TPSA) is 8.17 Å². The van der Waals surface area contributed by atoms with Crippen molar-refractivity contribution >= 4 is 5.57 Å². The van der Waals surface area contributed by atoms with Crippen LogP contribution in [-0.2, 0) is 19.9 Å². The first kappa shape index (κ1) is 17.3. The summed E-state index contributed by atoms with van der Waals surface area (Å²) < 4.78 is 2.37. The molecule has 1 atom stereocenters. The predicted molar refractivity (Wildman–Crippen MR) is 104 cm³/mol. The van der Waals surface area contributed by atoms with Crippen LogP contribution in [0.4, 0.5) is 0 Å². The molecular weight excluding hydrogens is 292 g/mol. The predicted octanol–water partition coefficient (Wildman–Crippen LogP) is 4.90. The van der Waals surface area contributed by atoms with E-state index in [4.69, 9.17) is 0 Å². The van der Waals surface area contributed by atoms with Gasteiger partial charge in [-0.15, -0.1) is 0 Å². The van der Waals surface area contributed by atoms with E-state index in [1.807, 2.05) is 0 Å². The normalized spacial score (nSPS) is 20.5. The lowest BCUT2D eigenvalue weighted by atomic mass is 9.76. The fourth-order valence-electron chi connectivity index (χ4n) is 4.55. The second-order valence-electron chi connectivity index (χ2n) is 7.81. The monoisotopic (exact) mass is 324 g/mol. The molecule has 0 bridgehead atoms. The summed E-state index contributed by atoms with van der Waals surface area (Å²) in [6.07, 6.45) is 9.55. The molecule has 2 aliphatic rings. The van der Waals surface area contributed by atoms with E-state index in [1.54, 1.807) is 11.1 Å². The Kier molecular flexibility index (Phi) is 4.87. The van der Waals surface area contributed by atoms with Gasteiger partial charge in [0.15, 0.2) is 0 Å². The summed E-state index contributed by atoms with van der Waals surface area (Å²) in [5.74, 6) is 0. The molecule has 1 aromatic rings. The summed E-state index contributed by atoms with van der Waals surface area (Å²) in [7, 11) is 2.22. The van der Waals surface area contributed by atoms with Crippen molar-refractivity contribution in [2.75, 3.05) is 13.1 Å². The van der Waals surface area contributed by atoms with Crippen molar-refractivity contribution < 1.29 is 0 Å². The van der Waals surface area contributed by atoms with Crippen LogP contribution in [0, 0.1) is 0 Å². The first-order valence-corrected chi connectivity index (χ1v) is 9.37. The summed E-state index contributed by atoms with van der Waals surface area (Å²) in [4.78, 5) is 2.63. The zero-order valence-electron chi connectivity index (χ0n) is 16.1. The zero-order chi connectivity index (χ0) is 17.4. The highest BCUT2D eigenvalue weighted by molar-refractivity contribution is 5.87. The van der Waals surface area contributed by atoms with Crippen LogP contribution in [0.2, 0.25) is 0 Å². The number of fused-ring (bicyclic) bond motifs is 2. The Morgan fingerprint density at radius 3 is 2.67 bits per heavy atom. The number of aromatic nitrogens is 1. The Morgan fingerprint density at radius 2 is 2.04 bits per heavy atom. The second-order valence-corrected chi connectivity index (χ2v) is 7.81. The largest absolute Gasteiger partial charge is 0.354 e. The Morgan fingerprint density at radius 1 is 1.29 bits per heavy atom. The van der Waals surface area contributed by atoms with Crippen LogP contribution in [0.3, 0.4) is 0 Å². The molecule has 3 rings (SSSR count). The Balaban J connectivity index is 2.12. The molecule has 1 aliphatic carbocycles. The van der Waals surface area contributed by atoms with E-state index in [2.05, 4.69) is 63.1 Å². The molecule has 24 heavy (non-hydrogen) atoms. The van der Waals surface area contributed by atoms with Gasteiger partial charge in [-0.1, -0.05) is 37.1 Å². The number of nitrogens with zero attached hydrogens (tertiary/aromatic N) is 2. The van der Waals surface area contributed by atoms with Gasteiger partial charge in [-0.3, -0.25) is 4.90 Å². The molecule has 0 amide bonds. The second kappa shape index (κ2) is 6.76. The fourth-order valence-corrected chi connectivity index (χ4v) is 4.55. The summed E-state index contributed by atoms with van der Waals surface area (Å²) in [6, 6.07) is 0.518. The van der Waals surface area contributed by atoms with Crippen LogP contribution in [0.1, 0.15) is 57.4 Å². The quantitative estimate of drug-likeness (QED) is 0.715. The average molecular weight is 325 g/mol. The van der Waals surface area contributed by atoms with Crippen LogP contribution >= 0.6 is 0 Å². The summed E-state index contributed by atoms with van der Waals surface area (Å²) in [5.41, 5.74) is 10.4. The Labute approximate surface area is 147 Å². The fraction of sp³-hybridized carbons (Fsp3) is 0.545. The van der Waals surface area contributed by atoms with Crippen LogP contribution in [0.25, 0.3) is 5.57 Å². The van der Waals surface area contributed by atoms with Gasteiger partial charge in [0.1, 0.15) is 0 Å². The van der Waals surface area contributed by atoms with Gasteiger partial charge >= 0.3 is 0 Å². The summed E-state index contributed by atoms with van der Waals surface area (Å²) in [6.45, 7) is 15.3. The van der Waals surface area contributed by atoms with Crippen molar-refractivity contribution in [2.24, 2.45) is 7.05 Å². The molecule has 0 saturated heterocycles. The van der Waals surface area contributed by atoms with Crippen LogP contribution in [0.5, 0.6) is 0 Å². The molecular formula is C22H32N2. The van der Waals surface area contributed by atoms with Crippen LogP contribution in [-0.4, -0.2) is 28.6 Å². The number of allylic oxidation sites excluding steroid dienone is 1. The minimum atomic E-state index is 0.518. The highest BCUT2D eigenvalue weighted by Crippen LogP contribution is 2.43. The molecule has 0 aromatic carbocycles.